The fourth-order valence-electron chi connectivity index (χ4n) is 0.637. The van der Waals surface area contributed by atoms with E-state index in [2.05, 4.69) is 9.47 Å². The molecule has 2 atom stereocenters. The first-order valence-electron chi connectivity index (χ1n) is 3.24. The molecule has 0 aromatic carbocycles. The monoisotopic (exact) mass is 114 g/mol. The molecule has 1 saturated heterocycles. The smallest absolute Gasteiger partial charge is 0.422 e. The van der Waals surface area contributed by atoms with E-state index < -0.39 is 18.4 Å². The molecule has 0 amide bonds. The third-order valence-corrected chi connectivity index (χ3v) is 1.09. The molecule has 2 aliphatic rings. The van der Waals surface area contributed by atoms with Gasteiger partial charge in [-0.15, -0.1) is 0 Å². The Kier molecular flexibility index (Phi) is 0.330. The Hall–Kier alpha value is -0.990. The molecule has 3 nitrogen and oxygen atoms in total. The van der Waals surface area contributed by atoms with E-state index >= 15 is 0 Å². The van der Waals surface area contributed by atoms with Gasteiger partial charge in [-0.05, 0) is 12.1 Å². The normalized spacial score (nSPS) is 45.8. The second kappa shape index (κ2) is 1.05. The number of rotatable bonds is 0. The molecule has 1 fully saturated rings. The minimum absolute atomic E-state index is 0.0517. The predicted octanol–water partition coefficient (Wildman–Crippen LogP) is 0.460. The van der Waals surface area contributed by atoms with E-state index in [1.54, 1.807) is 0 Å². The lowest BCUT2D eigenvalue weighted by atomic mass is 10.0. The van der Waals surface area contributed by atoms with Crippen molar-refractivity contribution < 1.29 is 17.0 Å². The molecule has 0 aromatic rings. The van der Waals surface area contributed by atoms with Gasteiger partial charge in [0.1, 0.15) is 0 Å². The maximum atomic E-state index is 10.4. The van der Waals surface area contributed by atoms with Crippen molar-refractivity contribution in [2.24, 2.45) is 0 Å². The maximum Gasteiger partial charge on any atom is 0.509 e. The van der Waals surface area contributed by atoms with Gasteiger partial charge in [-0.1, -0.05) is 0 Å². The van der Waals surface area contributed by atoms with Gasteiger partial charge in [0.15, 0.2) is 12.2 Å². The van der Waals surface area contributed by atoms with Crippen LogP contribution in [0.25, 0.3) is 0 Å². The van der Waals surface area contributed by atoms with E-state index in [0.29, 0.717) is 0 Å². The number of fused-ring (bicyclic) bond motifs is 1. The van der Waals surface area contributed by atoms with Crippen LogP contribution in [-0.2, 0) is 9.47 Å². The Morgan fingerprint density at radius 3 is 2.50 bits per heavy atom. The summed E-state index contributed by atoms with van der Waals surface area (Å²) in [6, 6.07) is 0.103. The largest absolute Gasteiger partial charge is 0.509 e. The highest BCUT2D eigenvalue weighted by Crippen LogP contribution is 2.24. The zero-order valence-electron chi connectivity index (χ0n) is 5.88. The molecular weight excluding hydrogens is 108 g/mol. The molecule has 1 aliphatic heterocycles. The Labute approximate surface area is 48.7 Å². The van der Waals surface area contributed by atoms with Crippen LogP contribution in [0.15, 0.2) is 12.1 Å². The number of hydrogen-bond acceptors (Lipinski definition) is 3. The van der Waals surface area contributed by atoms with Crippen LogP contribution < -0.4 is 0 Å². The van der Waals surface area contributed by atoms with Crippen molar-refractivity contribution in [3.63, 3.8) is 0 Å². The van der Waals surface area contributed by atoms with E-state index in [1.165, 1.54) is 0 Å². The summed E-state index contributed by atoms with van der Waals surface area (Å²) in [6.07, 6.45) is -1.97. The minimum Gasteiger partial charge on any atom is -0.422 e. The van der Waals surface area contributed by atoms with Crippen LogP contribution >= 0.6 is 0 Å². The van der Waals surface area contributed by atoms with Crippen molar-refractivity contribution >= 4 is 6.16 Å². The molecule has 0 N–H and O–H groups in total. The fourth-order valence-corrected chi connectivity index (χ4v) is 0.637. The molecule has 2 unspecified atom stereocenters. The average molecular weight is 114 g/mol. The van der Waals surface area contributed by atoms with Gasteiger partial charge in [0.2, 0.25) is 0 Å². The van der Waals surface area contributed by atoms with Gasteiger partial charge >= 0.3 is 6.16 Å². The lowest BCUT2D eigenvalue weighted by Gasteiger charge is -2.14. The molecule has 0 aromatic heterocycles. The summed E-state index contributed by atoms with van der Waals surface area (Å²) in [4.78, 5) is 10.4. The number of hydrogen-bond donors (Lipinski definition) is 0. The van der Waals surface area contributed by atoms with Crippen molar-refractivity contribution in [2.75, 3.05) is 0 Å². The summed E-state index contributed by atoms with van der Waals surface area (Å²) in [5.41, 5.74) is 0. The molecule has 3 heteroatoms. The third-order valence-electron chi connectivity index (χ3n) is 1.09. The summed E-state index contributed by atoms with van der Waals surface area (Å²) in [6.45, 7) is 0. The quantitative estimate of drug-likeness (QED) is 0.339. The van der Waals surface area contributed by atoms with E-state index in [-0.39, 0.29) is 12.1 Å². The fraction of sp³-hybridized carbons (Fsp3) is 0.400. The highest BCUT2D eigenvalue weighted by atomic mass is 16.8. The highest BCUT2D eigenvalue weighted by molar-refractivity contribution is 5.64. The van der Waals surface area contributed by atoms with Gasteiger partial charge in [-0.3, -0.25) is 0 Å². The van der Waals surface area contributed by atoms with Gasteiger partial charge in [0.25, 0.3) is 0 Å². The molecule has 0 saturated carbocycles. The van der Waals surface area contributed by atoms with Crippen LogP contribution in [0.2, 0.25) is 0 Å². The summed E-state index contributed by atoms with van der Waals surface area (Å²) < 4.78 is 23.2. The molecule has 42 valence electrons. The van der Waals surface area contributed by atoms with E-state index in [4.69, 9.17) is 2.74 Å². The Morgan fingerprint density at radius 2 is 2.00 bits per heavy atom. The van der Waals surface area contributed by atoms with Gasteiger partial charge in [0, 0.05) is 0 Å². The topological polar surface area (TPSA) is 35.5 Å². The number of carbonyl (C=O) groups is 1. The lowest BCUT2D eigenvalue weighted by molar-refractivity contribution is 0.124. The molecule has 0 radical (unpaired) electrons. The van der Waals surface area contributed by atoms with Crippen LogP contribution in [0.1, 0.15) is 2.74 Å². The van der Waals surface area contributed by atoms with Crippen molar-refractivity contribution in [1.29, 1.82) is 0 Å². The standard InChI is InChI=1S/C5H4O3/c6-5-7-3-1-2-4(3)8-5/h1-4H/i1D,2D. The summed E-state index contributed by atoms with van der Waals surface area (Å²) >= 11 is 0. The molecule has 0 spiro atoms. The lowest BCUT2D eigenvalue weighted by Crippen LogP contribution is -2.25. The third kappa shape index (κ3) is 0.314. The van der Waals surface area contributed by atoms with Crippen LogP contribution in [0.3, 0.4) is 0 Å². The SMILES string of the molecule is [2H]C1=C([2H])C2OC(=O)OC12. The summed E-state index contributed by atoms with van der Waals surface area (Å²) in [5, 5.41) is 0. The molecule has 1 heterocycles. The highest BCUT2D eigenvalue weighted by Gasteiger charge is 2.38. The van der Waals surface area contributed by atoms with Crippen LogP contribution in [0, 0.1) is 0 Å². The summed E-state index contributed by atoms with van der Waals surface area (Å²) in [7, 11) is 0. The van der Waals surface area contributed by atoms with E-state index in [0.717, 1.165) is 0 Å². The zero-order chi connectivity index (χ0) is 7.30. The summed E-state index contributed by atoms with van der Waals surface area (Å²) in [5.74, 6) is 0. The Morgan fingerprint density at radius 1 is 1.50 bits per heavy atom. The molecular formula is C5H4O3. The minimum atomic E-state index is -0.776. The zero-order valence-corrected chi connectivity index (χ0v) is 3.88. The van der Waals surface area contributed by atoms with Crippen molar-refractivity contribution in [2.45, 2.75) is 12.2 Å². The van der Waals surface area contributed by atoms with Gasteiger partial charge in [-0.2, -0.15) is 0 Å². The number of ether oxygens (including phenoxy) is 2. The van der Waals surface area contributed by atoms with Crippen molar-refractivity contribution in [1.82, 2.24) is 0 Å². The maximum absolute atomic E-state index is 10.4. The molecule has 8 heavy (non-hydrogen) atoms. The van der Waals surface area contributed by atoms with Crippen LogP contribution in [0.4, 0.5) is 4.79 Å². The van der Waals surface area contributed by atoms with Crippen molar-refractivity contribution in [3.8, 4) is 0 Å². The van der Waals surface area contributed by atoms with Crippen molar-refractivity contribution in [3.05, 3.63) is 12.1 Å². The second-order valence-electron chi connectivity index (χ2n) is 1.62. The molecule has 2 rings (SSSR count). The van der Waals surface area contributed by atoms with E-state index in [1.807, 2.05) is 0 Å². The first kappa shape index (κ1) is 2.53. The first-order valence-corrected chi connectivity index (χ1v) is 2.24. The van der Waals surface area contributed by atoms with Crippen LogP contribution in [-0.4, -0.2) is 18.4 Å². The second-order valence-corrected chi connectivity index (χ2v) is 1.62. The molecule has 0 bridgehead atoms. The van der Waals surface area contributed by atoms with Gasteiger partial charge < -0.3 is 9.47 Å². The average Bonchev–Trinajstić information content (AvgIpc) is 2.27. The first-order chi connectivity index (χ1) is 4.70. The molecule has 1 aliphatic carbocycles. The Balaban J connectivity index is 2.26. The van der Waals surface area contributed by atoms with Gasteiger partial charge in [-0.25, -0.2) is 4.79 Å². The number of carbonyl (C=O) groups excluding carboxylic acids is 1. The van der Waals surface area contributed by atoms with E-state index in [9.17, 15) is 4.79 Å². The van der Waals surface area contributed by atoms with Crippen LogP contribution in [0.5, 0.6) is 0 Å². The Bertz CT molecular complexity index is 213. The van der Waals surface area contributed by atoms with Gasteiger partial charge in [0.05, 0.1) is 2.74 Å². The predicted molar refractivity (Wildman–Crippen MR) is 24.3 cm³/mol.